The predicted molar refractivity (Wildman–Crippen MR) is 114 cm³/mol. The van der Waals surface area contributed by atoms with Gasteiger partial charge in [0.05, 0.1) is 11.3 Å². The first-order chi connectivity index (χ1) is 14.9. The lowest BCUT2D eigenvalue weighted by Gasteiger charge is -2.13. The van der Waals surface area contributed by atoms with Crippen molar-refractivity contribution in [3.05, 3.63) is 70.9 Å². The molecule has 3 aromatic rings. The third kappa shape index (κ3) is 4.18. The molecule has 0 saturated heterocycles. The number of carbonyl (C=O) groups is 3. The van der Waals surface area contributed by atoms with Crippen molar-refractivity contribution in [1.29, 1.82) is 0 Å². The van der Waals surface area contributed by atoms with Gasteiger partial charge in [0.1, 0.15) is 11.4 Å². The van der Waals surface area contributed by atoms with Crippen molar-refractivity contribution in [2.24, 2.45) is 0 Å². The molecule has 1 aromatic heterocycles. The number of aryl methyl sites for hydroxylation is 1. The first kappa shape index (κ1) is 20.3. The van der Waals surface area contributed by atoms with Crippen LogP contribution in [0.15, 0.2) is 48.5 Å². The van der Waals surface area contributed by atoms with Gasteiger partial charge in [-0.25, -0.2) is 0 Å². The van der Waals surface area contributed by atoms with E-state index in [1.54, 1.807) is 12.1 Å². The Morgan fingerprint density at radius 3 is 2.71 bits per heavy atom. The number of hydrogen-bond acceptors (Lipinski definition) is 5. The number of carbonyl (C=O) groups excluding carboxylic acids is 3. The number of benzene rings is 2. The minimum absolute atomic E-state index is 0.0170. The molecule has 1 aliphatic carbocycles. The molecule has 0 bridgehead atoms. The molecule has 0 radical (unpaired) electrons. The van der Waals surface area contributed by atoms with E-state index in [9.17, 15) is 14.4 Å². The van der Waals surface area contributed by atoms with Crippen molar-refractivity contribution in [1.82, 2.24) is 21.0 Å². The molecule has 0 aliphatic heterocycles. The molecular formula is C23H22N4O4. The van der Waals surface area contributed by atoms with Gasteiger partial charge in [-0.15, -0.1) is 0 Å². The quantitative estimate of drug-likeness (QED) is 0.552. The molecule has 8 heteroatoms. The molecule has 3 N–H and O–H groups in total. The summed E-state index contributed by atoms with van der Waals surface area (Å²) in [6.07, 6.45) is 0.438. The summed E-state index contributed by atoms with van der Waals surface area (Å²) in [7, 11) is 0. The number of ether oxygens (including phenoxy) is 1. The molecule has 1 heterocycles. The molecule has 4 rings (SSSR count). The van der Waals surface area contributed by atoms with Gasteiger partial charge in [-0.2, -0.15) is 5.10 Å². The Hall–Kier alpha value is -3.94. The normalized spacial score (nSPS) is 14.8. The second-order valence-electron chi connectivity index (χ2n) is 7.52. The molecule has 0 spiro atoms. The number of nitrogens with one attached hydrogen (secondary N) is 3. The monoisotopic (exact) mass is 418 g/mol. The number of rotatable bonds is 5. The van der Waals surface area contributed by atoms with E-state index in [1.807, 2.05) is 50.2 Å². The summed E-state index contributed by atoms with van der Waals surface area (Å²) in [4.78, 5) is 36.7. The van der Waals surface area contributed by atoms with Crippen molar-refractivity contribution in [3.63, 3.8) is 0 Å². The van der Waals surface area contributed by atoms with E-state index in [1.165, 1.54) is 0 Å². The summed E-state index contributed by atoms with van der Waals surface area (Å²) in [5, 5.41) is 6.75. The van der Waals surface area contributed by atoms with Gasteiger partial charge in [0, 0.05) is 12.0 Å². The Labute approximate surface area is 179 Å². The van der Waals surface area contributed by atoms with E-state index < -0.39 is 11.8 Å². The second-order valence-corrected chi connectivity index (χ2v) is 7.52. The van der Waals surface area contributed by atoms with Crippen molar-refractivity contribution < 1.29 is 19.1 Å². The lowest BCUT2D eigenvalue weighted by atomic mass is 9.97. The maximum absolute atomic E-state index is 12.3. The SMILES string of the molecule is Cc1ccc(OCC(=O)NNC(=O)c2cc(-c3ccccc3)n[nH]2)c2c1[C@@H](C)CC2=O. The van der Waals surface area contributed by atoms with Gasteiger partial charge in [-0.1, -0.05) is 43.3 Å². The first-order valence-electron chi connectivity index (χ1n) is 9.93. The third-order valence-electron chi connectivity index (χ3n) is 5.25. The number of Topliss-reactive ketones (excluding diaryl/α,β-unsaturated/α-hetero) is 1. The number of hydrogen-bond donors (Lipinski definition) is 3. The maximum atomic E-state index is 12.3. The summed E-state index contributed by atoms with van der Waals surface area (Å²) in [6.45, 7) is 3.62. The fourth-order valence-corrected chi connectivity index (χ4v) is 3.80. The molecule has 1 aliphatic rings. The highest BCUT2D eigenvalue weighted by Crippen LogP contribution is 2.40. The zero-order valence-corrected chi connectivity index (χ0v) is 17.2. The highest BCUT2D eigenvalue weighted by Gasteiger charge is 2.31. The Bertz CT molecular complexity index is 1150. The summed E-state index contributed by atoms with van der Waals surface area (Å²) < 4.78 is 5.58. The molecule has 31 heavy (non-hydrogen) atoms. The van der Waals surface area contributed by atoms with Crippen LogP contribution >= 0.6 is 0 Å². The fourth-order valence-electron chi connectivity index (χ4n) is 3.80. The smallest absolute Gasteiger partial charge is 0.287 e. The third-order valence-corrected chi connectivity index (χ3v) is 5.25. The standard InChI is InChI=1S/C23H22N4O4/c1-13-8-9-19(22-18(28)10-14(2)21(13)22)31-12-20(29)26-27-23(30)17-11-16(24-25-17)15-6-4-3-5-7-15/h3-9,11,14H,10,12H2,1-2H3,(H,24,25)(H,26,29)(H,27,30)/t14-/m0/s1. The van der Waals surface area contributed by atoms with Crippen LogP contribution < -0.4 is 15.6 Å². The Morgan fingerprint density at radius 2 is 1.94 bits per heavy atom. The number of ketones is 1. The van der Waals surface area contributed by atoms with E-state index in [-0.39, 0.29) is 24.0 Å². The van der Waals surface area contributed by atoms with Gasteiger partial charge >= 0.3 is 0 Å². The molecular weight excluding hydrogens is 396 g/mol. The Kier molecular flexibility index (Phi) is 5.53. The zero-order chi connectivity index (χ0) is 22.0. The summed E-state index contributed by atoms with van der Waals surface area (Å²) in [5.74, 6) is -0.553. The number of aromatic amines is 1. The lowest BCUT2D eigenvalue weighted by molar-refractivity contribution is -0.123. The van der Waals surface area contributed by atoms with Gasteiger partial charge in [0.25, 0.3) is 11.8 Å². The number of amides is 2. The van der Waals surface area contributed by atoms with Crippen molar-refractivity contribution in [2.75, 3.05) is 6.61 Å². The van der Waals surface area contributed by atoms with Crippen LogP contribution in [0.5, 0.6) is 5.75 Å². The van der Waals surface area contributed by atoms with Crippen molar-refractivity contribution >= 4 is 17.6 Å². The highest BCUT2D eigenvalue weighted by atomic mass is 16.5. The average molecular weight is 418 g/mol. The number of nitrogens with zero attached hydrogens (tertiary/aromatic N) is 1. The molecule has 8 nitrogen and oxygen atoms in total. The zero-order valence-electron chi connectivity index (χ0n) is 17.2. The molecule has 1 atom stereocenters. The van der Waals surface area contributed by atoms with Crippen LogP contribution in [0.3, 0.4) is 0 Å². The highest BCUT2D eigenvalue weighted by molar-refractivity contribution is 6.04. The van der Waals surface area contributed by atoms with Crippen LogP contribution in [0.1, 0.15) is 51.2 Å². The molecule has 2 aromatic carbocycles. The minimum Gasteiger partial charge on any atom is -0.483 e. The second kappa shape index (κ2) is 8.43. The van der Waals surface area contributed by atoms with E-state index in [4.69, 9.17) is 4.74 Å². The number of fused-ring (bicyclic) bond motifs is 1. The molecule has 0 unspecified atom stereocenters. The molecule has 0 fully saturated rings. The van der Waals surface area contributed by atoms with E-state index in [0.717, 1.165) is 16.7 Å². The van der Waals surface area contributed by atoms with E-state index >= 15 is 0 Å². The molecule has 0 saturated carbocycles. The number of H-pyrrole nitrogens is 1. The van der Waals surface area contributed by atoms with E-state index in [0.29, 0.717) is 23.4 Å². The number of hydrazine groups is 1. The van der Waals surface area contributed by atoms with Crippen molar-refractivity contribution in [2.45, 2.75) is 26.2 Å². The van der Waals surface area contributed by atoms with Gasteiger partial charge in [0.2, 0.25) is 0 Å². The van der Waals surface area contributed by atoms with Gasteiger partial charge in [-0.05, 0) is 36.1 Å². The molecule has 2 amide bonds. The maximum Gasteiger partial charge on any atom is 0.287 e. The Balaban J connectivity index is 1.33. The van der Waals surface area contributed by atoms with Crippen molar-refractivity contribution in [3.8, 4) is 17.0 Å². The first-order valence-corrected chi connectivity index (χ1v) is 9.93. The van der Waals surface area contributed by atoms with Gasteiger partial charge in [-0.3, -0.25) is 30.3 Å². The van der Waals surface area contributed by atoms with E-state index in [2.05, 4.69) is 21.0 Å². The summed E-state index contributed by atoms with van der Waals surface area (Å²) >= 11 is 0. The minimum atomic E-state index is -0.552. The summed E-state index contributed by atoms with van der Waals surface area (Å²) in [5.41, 5.74) is 8.87. The topological polar surface area (TPSA) is 113 Å². The lowest BCUT2D eigenvalue weighted by Crippen LogP contribution is -2.44. The van der Waals surface area contributed by atoms with Crippen LogP contribution in [0.4, 0.5) is 0 Å². The number of aromatic nitrogens is 2. The average Bonchev–Trinajstić information content (AvgIpc) is 3.38. The largest absolute Gasteiger partial charge is 0.483 e. The van der Waals surface area contributed by atoms with Crippen LogP contribution in [0, 0.1) is 6.92 Å². The Morgan fingerprint density at radius 1 is 1.16 bits per heavy atom. The van der Waals surface area contributed by atoms with Crippen LogP contribution in [-0.2, 0) is 4.79 Å². The van der Waals surface area contributed by atoms with Crippen LogP contribution in [0.25, 0.3) is 11.3 Å². The van der Waals surface area contributed by atoms with Crippen LogP contribution in [-0.4, -0.2) is 34.4 Å². The summed E-state index contributed by atoms with van der Waals surface area (Å²) in [6, 6.07) is 14.6. The van der Waals surface area contributed by atoms with Gasteiger partial charge in [0.15, 0.2) is 12.4 Å². The predicted octanol–water partition coefficient (Wildman–Crippen LogP) is 2.92. The van der Waals surface area contributed by atoms with Crippen LogP contribution in [0.2, 0.25) is 0 Å². The molecule has 158 valence electrons. The fraction of sp³-hybridized carbons (Fsp3) is 0.217. The van der Waals surface area contributed by atoms with Gasteiger partial charge < -0.3 is 4.74 Å².